The lowest BCUT2D eigenvalue weighted by Gasteiger charge is -2.35. The molecule has 138 valence electrons. The molecule has 5 nitrogen and oxygen atoms in total. The molecule has 1 aromatic heterocycles. The molecule has 2 heterocycles. The summed E-state index contributed by atoms with van der Waals surface area (Å²) in [6.07, 6.45) is 1.55. The van der Waals surface area contributed by atoms with Crippen molar-refractivity contribution in [2.24, 2.45) is 0 Å². The number of hydrogen-bond acceptors (Lipinski definition) is 5. The van der Waals surface area contributed by atoms with Gasteiger partial charge in [-0.25, -0.2) is 14.2 Å². The van der Waals surface area contributed by atoms with E-state index in [2.05, 4.69) is 30.7 Å². The summed E-state index contributed by atoms with van der Waals surface area (Å²) >= 11 is 3.28. The van der Waals surface area contributed by atoms with Gasteiger partial charge in [0.25, 0.3) is 0 Å². The van der Waals surface area contributed by atoms with Crippen LogP contribution in [0.1, 0.15) is 22.8 Å². The summed E-state index contributed by atoms with van der Waals surface area (Å²) in [5, 5.41) is 0. The Kier molecular flexibility index (Phi) is 6.21. The van der Waals surface area contributed by atoms with Gasteiger partial charge in [0.05, 0.1) is 12.2 Å². The zero-order valence-electron chi connectivity index (χ0n) is 14.6. The average molecular weight is 422 g/mol. The van der Waals surface area contributed by atoms with Crippen LogP contribution in [0.3, 0.4) is 0 Å². The Morgan fingerprint density at radius 2 is 2.00 bits per heavy atom. The van der Waals surface area contributed by atoms with Crippen molar-refractivity contribution in [2.75, 3.05) is 37.7 Å². The van der Waals surface area contributed by atoms with Crippen LogP contribution in [0.25, 0.3) is 0 Å². The predicted octanol–water partition coefficient (Wildman–Crippen LogP) is 3.48. The van der Waals surface area contributed by atoms with Crippen LogP contribution in [0.4, 0.5) is 10.2 Å². The molecule has 2 aromatic rings. The first-order chi connectivity index (χ1) is 12.6. The fourth-order valence-corrected chi connectivity index (χ4v) is 3.27. The highest BCUT2D eigenvalue weighted by Crippen LogP contribution is 2.19. The highest BCUT2D eigenvalue weighted by Gasteiger charge is 2.19. The van der Waals surface area contributed by atoms with E-state index in [4.69, 9.17) is 4.74 Å². The van der Waals surface area contributed by atoms with Crippen molar-refractivity contribution in [3.05, 3.63) is 57.9 Å². The minimum absolute atomic E-state index is 0.182. The molecule has 26 heavy (non-hydrogen) atoms. The van der Waals surface area contributed by atoms with E-state index in [0.29, 0.717) is 24.3 Å². The summed E-state index contributed by atoms with van der Waals surface area (Å²) in [5.74, 6) is 0.304. The molecule has 1 fully saturated rings. The molecule has 0 bridgehead atoms. The largest absolute Gasteiger partial charge is 0.462 e. The Labute approximate surface area is 160 Å². The maximum absolute atomic E-state index is 14.0. The second-order valence-electron chi connectivity index (χ2n) is 6.12. The van der Waals surface area contributed by atoms with Crippen molar-refractivity contribution < 1.29 is 13.9 Å². The van der Waals surface area contributed by atoms with Crippen molar-refractivity contribution in [3.63, 3.8) is 0 Å². The number of nitrogens with zero attached hydrogens (tertiary/aromatic N) is 3. The maximum atomic E-state index is 14.0. The fraction of sp³-hybridized carbons (Fsp3) is 0.368. The number of aromatic nitrogens is 1. The summed E-state index contributed by atoms with van der Waals surface area (Å²) in [6, 6.07) is 8.77. The molecule has 0 radical (unpaired) electrons. The molecular weight excluding hydrogens is 401 g/mol. The van der Waals surface area contributed by atoms with E-state index in [9.17, 15) is 9.18 Å². The normalized spacial score (nSPS) is 15.1. The lowest BCUT2D eigenvalue weighted by molar-refractivity contribution is 0.0526. The zero-order chi connectivity index (χ0) is 18.5. The Morgan fingerprint density at radius 1 is 1.23 bits per heavy atom. The topological polar surface area (TPSA) is 45.7 Å². The maximum Gasteiger partial charge on any atom is 0.339 e. The van der Waals surface area contributed by atoms with Gasteiger partial charge in [-0.15, -0.1) is 0 Å². The number of carbonyl (C=O) groups is 1. The Balaban J connectivity index is 1.55. The smallest absolute Gasteiger partial charge is 0.339 e. The van der Waals surface area contributed by atoms with Gasteiger partial charge < -0.3 is 9.64 Å². The van der Waals surface area contributed by atoms with Crippen molar-refractivity contribution in [1.82, 2.24) is 9.88 Å². The van der Waals surface area contributed by atoms with E-state index in [0.717, 1.165) is 36.5 Å². The molecule has 1 aliphatic heterocycles. The number of esters is 1. The Bertz CT molecular complexity index is 762. The van der Waals surface area contributed by atoms with E-state index >= 15 is 0 Å². The number of hydrogen-bond donors (Lipinski definition) is 0. The zero-order valence-corrected chi connectivity index (χ0v) is 16.2. The first-order valence-electron chi connectivity index (χ1n) is 8.61. The molecule has 1 aliphatic rings. The lowest BCUT2D eigenvalue weighted by atomic mass is 10.2. The number of ether oxygens (including phenoxy) is 1. The van der Waals surface area contributed by atoms with Gasteiger partial charge in [0, 0.05) is 49.0 Å². The number of halogens is 2. The monoisotopic (exact) mass is 421 g/mol. The highest BCUT2D eigenvalue weighted by molar-refractivity contribution is 9.10. The number of anilines is 1. The van der Waals surface area contributed by atoms with Crippen LogP contribution >= 0.6 is 15.9 Å². The summed E-state index contributed by atoms with van der Waals surface area (Å²) in [7, 11) is 0. The quantitative estimate of drug-likeness (QED) is 0.691. The lowest BCUT2D eigenvalue weighted by Crippen LogP contribution is -2.46. The molecular formula is C19H21BrFN3O2. The summed E-state index contributed by atoms with van der Waals surface area (Å²) in [5.41, 5.74) is 1.17. The van der Waals surface area contributed by atoms with Crippen LogP contribution in [0.2, 0.25) is 0 Å². The third-order valence-electron chi connectivity index (χ3n) is 4.36. The van der Waals surface area contributed by atoms with E-state index < -0.39 is 0 Å². The van der Waals surface area contributed by atoms with Crippen molar-refractivity contribution >= 4 is 27.7 Å². The second-order valence-corrected chi connectivity index (χ2v) is 7.04. The first-order valence-corrected chi connectivity index (χ1v) is 9.40. The van der Waals surface area contributed by atoms with Gasteiger partial charge in [-0.1, -0.05) is 22.0 Å². The molecule has 0 N–H and O–H groups in total. The SMILES string of the molecule is CCOC(=O)c1ccc(N2CCN(Cc3ccc(Br)cc3F)CC2)nc1. The molecule has 0 unspecified atom stereocenters. The van der Waals surface area contributed by atoms with Gasteiger partial charge in [-0.05, 0) is 31.2 Å². The molecule has 7 heteroatoms. The minimum Gasteiger partial charge on any atom is -0.462 e. The third kappa shape index (κ3) is 4.59. The van der Waals surface area contributed by atoms with Gasteiger partial charge in [0.15, 0.2) is 0 Å². The van der Waals surface area contributed by atoms with Gasteiger partial charge in [0.2, 0.25) is 0 Å². The Morgan fingerprint density at radius 3 is 2.62 bits per heavy atom. The molecule has 0 aliphatic carbocycles. The number of carbonyl (C=O) groups excluding carboxylic acids is 1. The second kappa shape index (κ2) is 8.60. The summed E-state index contributed by atoms with van der Waals surface area (Å²) in [6.45, 7) is 6.00. The van der Waals surface area contributed by atoms with E-state index in [1.807, 2.05) is 18.2 Å². The number of piperazine rings is 1. The highest BCUT2D eigenvalue weighted by atomic mass is 79.9. The molecule has 1 aromatic carbocycles. The molecule has 0 amide bonds. The van der Waals surface area contributed by atoms with Crippen molar-refractivity contribution in [2.45, 2.75) is 13.5 Å². The molecule has 0 saturated carbocycles. The standard InChI is InChI=1S/C19H21BrFN3O2/c1-2-26-19(25)14-4-6-18(22-12-14)24-9-7-23(8-10-24)13-15-3-5-16(20)11-17(15)21/h3-6,11-12H,2,7-10,13H2,1H3. The fourth-order valence-electron chi connectivity index (χ4n) is 2.93. The molecule has 1 saturated heterocycles. The predicted molar refractivity (Wildman–Crippen MR) is 102 cm³/mol. The molecule has 3 rings (SSSR count). The average Bonchev–Trinajstić information content (AvgIpc) is 2.65. The van der Waals surface area contributed by atoms with Crippen LogP contribution in [0.15, 0.2) is 41.0 Å². The number of rotatable bonds is 5. The van der Waals surface area contributed by atoms with Crippen LogP contribution in [0, 0.1) is 5.82 Å². The third-order valence-corrected chi connectivity index (χ3v) is 4.86. The molecule has 0 atom stereocenters. The van der Waals surface area contributed by atoms with E-state index in [-0.39, 0.29) is 11.8 Å². The van der Waals surface area contributed by atoms with E-state index in [1.165, 1.54) is 6.07 Å². The number of pyridine rings is 1. The van der Waals surface area contributed by atoms with Crippen LogP contribution in [0.5, 0.6) is 0 Å². The van der Waals surface area contributed by atoms with Crippen LogP contribution in [-0.4, -0.2) is 48.6 Å². The minimum atomic E-state index is -0.354. The molecule has 0 spiro atoms. The first kappa shape index (κ1) is 18.8. The van der Waals surface area contributed by atoms with Gasteiger partial charge in [-0.2, -0.15) is 0 Å². The summed E-state index contributed by atoms with van der Waals surface area (Å²) in [4.78, 5) is 20.5. The van der Waals surface area contributed by atoms with E-state index in [1.54, 1.807) is 19.2 Å². The van der Waals surface area contributed by atoms with Crippen LogP contribution in [-0.2, 0) is 11.3 Å². The van der Waals surface area contributed by atoms with Gasteiger partial charge >= 0.3 is 5.97 Å². The van der Waals surface area contributed by atoms with Gasteiger partial charge in [0.1, 0.15) is 11.6 Å². The van der Waals surface area contributed by atoms with Crippen molar-refractivity contribution in [1.29, 1.82) is 0 Å². The van der Waals surface area contributed by atoms with Crippen molar-refractivity contribution in [3.8, 4) is 0 Å². The van der Waals surface area contributed by atoms with Crippen LogP contribution < -0.4 is 4.90 Å². The van der Waals surface area contributed by atoms with Gasteiger partial charge in [-0.3, -0.25) is 4.90 Å². The summed E-state index contributed by atoms with van der Waals surface area (Å²) < 4.78 is 19.7. The number of benzene rings is 1. The Hall–Kier alpha value is -1.99.